The molecule has 0 saturated carbocycles. The topological polar surface area (TPSA) is 154 Å². The van der Waals surface area contributed by atoms with Crippen LogP contribution < -0.4 is 21.2 Å². The number of anilines is 1. The van der Waals surface area contributed by atoms with Gasteiger partial charge < -0.3 is 29.7 Å². The van der Waals surface area contributed by atoms with Crippen molar-refractivity contribution >= 4 is 28.6 Å². The van der Waals surface area contributed by atoms with E-state index in [1.807, 2.05) is 0 Å². The Bertz CT molecular complexity index is 1210. The molecule has 190 valence electrons. The second-order valence-corrected chi connectivity index (χ2v) is 7.79. The molecule has 1 aliphatic heterocycles. The molecule has 0 fully saturated rings. The number of oxazole rings is 1. The van der Waals surface area contributed by atoms with Gasteiger partial charge in [-0.1, -0.05) is 6.08 Å². The van der Waals surface area contributed by atoms with E-state index in [-0.39, 0.29) is 23.6 Å². The zero-order valence-electron chi connectivity index (χ0n) is 19.8. The Balaban J connectivity index is 1.28. The number of carbonyl (C=O) groups is 2. The number of fused-ring (bicyclic) bond motifs is 1. The van der Waals surface area contributed by atoms with Crippen LogP contribution in [0.15, 0.2) is 53.1 Å². The monoisotopic (exact) mass is 496 g/mol. The number of hydrazine groups is 1. The summed E-state index contributed by atoms with van der Waals surface area (Å²) in [6, 6.07) is 8.03. The van der Waals surface area contributed by atoms with Crippen molar-refractivity contribution in [1.82, 2.24) is 20.4 Å². The highest BCUT2D eigenvalue weighted by Gasteiger charge is 2.23. The summed E-state index contributed by atoms with van der Waals surface area (Å²) in [5, 5.41) is 4.17. The van der Waals surface area contributed by atoms with Crippen molar-refractivity contribution in [1.29, 1.82) is 0 Å². The van der Waals surface area contributed by atoms with Gasteiger partial charge in [0.05, 0.1) is 32.6 Å². The lowest BCUT2D eigenvalue weighted by molar-refractivity contribution is -0.128. The maximum Gasteiger partial charge on any atom is 0.274 e. The van der Waals surface area contributed by atoms with E-state index in [0.29, 0.717) is 68.0 Å². The van der Waals surface area contributed by atoms with Crippen LogP contribution >= 0.6 is 0 Å². The van der Waals surface area contributed by atoms with Crippen LogP contribution in [0.1, 0.15) is 22.4 Å². The first-order chi connectivity index (χ1) is 17.5. The minimum absolute atomic E-state index is 0.158. The summed E-state index contributed by atoms with van der Waals surface area (Å²) < 4.78 is 22.0. The number of pyridine rings is 1. The highest BCUT2D eigenvalue weighted by Crippen LogP contribution is 2.25. The van der Waals surface area contributed by atoms with Crippen molar-refractivity contribution in [2.24, 2.45) is 5.73 Å². The molecule has 1 aliphatic rings. The molecule has 4 rings (SSSR count). The number of hydrogen-bond acceptors (Lipinski definition) is 10. The quantitative estimate of drug-likeness (QED) is 0.314. The minimum Gasteiger partial charge on any atom is -0.490 e. The lowest BCUT2D eigenvalue weighted by Crippen LogP contribution is -2.43. The van der Waals surface area contributed by atoms with Crippen molar-refractivity contribution in [2.75, 3.05) is 51.9 Å². The molecule has 2 aromatic heterocycles. The van der Waals surface area contributed by atoms with E-state index in [2.05, 4.69) is 20.7 Å². The third kappa shape index (κ3) is 6.64. The van der Waals surface area contributed by atoms with Crippen molar-refractivity contribution in [2.45, 2.75) is 6.04 Å². The highest BCUT2D eigenvalue weighted by atomic mass is 16.5. The maximum atomic E-state index is 12.6. The molecule has 0 aliphatic carbocycles. The molecule has 4 N–H and O–H groups in total. The SMILES string of the molecule is CN1NC(c2nc3cc(NC(=O)c4ccc(OCCOCCOCCN)cn4)ccc3o2)C=CC1=O. The number of amides is 2. The lowest BCUT2D eigenvalue weighted by Gasteiger charge is -2.24. The number of aromatic nitrogens is 2. The Morgan fingerprint density at radius 2 is 1.97 bits per heavy atom. The molecule has 36 heavy (non-hydrogen) atoms. The van der Waals surface area contributed by atoms with Crippen LogP contribution in [0.2, 0.25) is 0 Å². The molecule has 12 nitrogen and oxygen atoms in total. The number of carbonyl (C=O) groups excluding carboxylic acids is 2. The van der Waals surface area contributed by atoms with E-state index in [0.717, 1.165) is 0 Å². The number of benzene rings is 1. The molecular weight excluding hydrogens is 468 g/mol. The molecule has 0 spiro atoms. The van der Waals surface area contributed by atoms with Crippen LogP contribution in [0.25, 0.3) is 11.1 Å². The first-order valence-corrected chi connectivity index (χ1v) is 11.4. The van der Waals surface area contributed by atoms with Crippen LogP contribution in [-0.2, 0) is 14.3 Å². The summed E-state index contributed by atoms with van der Waals surface area (Å²) in [6.45, 7) is 2.71. The van der Waals surface area contributed by atoms with E-state index in [1.54, 1.807) is 43.5 Å². The standard InChI is InChI=1S/C24H28N6O6/c1-30-22(31)7-5-19(29-30)24-28-20-14-16(2-6-21(20)36-24)27-23(32)18-4-3-17(15-26-18)35-13-12-34-11-10-33-9-8-25/h2-7,14-15,19,29H,8-13,25H2,1H3,(H,27,32). The molecular formula is C24H28N6O6. The third-order valence-electron chi connectivity index (χ3n) is 5.12. The van der Waals surface area contributed by atoms with E-state index in [4.69, 9.17) is 24.4 Å². The fraction of sp³-hybridized carbons (Fsp3) is 0.333. The van der Waals surface area contributed by atoms with Gasteiger partial charge in [-0.25, -0.2) is 15.4 Å². The summed E-state index contributed by atoms with van der Waals surface area (Å²) in [4.78, 5) is 32.9. The fourth-order valence-electron chi connectivity index (χ4n) is 3.32. The van der Waals surface area contributed by atoms with Crippen molar-refractivity contribution in [3.8, 4) is 5.75 Å². The molecule has 1 unspecified atom stereocenters. The molecule has 0 saturated heterocycles. The van der Waals surface area contributed by atoms with Crippen molar-refractivity contribution in [3.63, 3.8) is 0 Å². The Morgan fingerprint density at radius 3 is 2.72 bits per heavy atom. The lowest BCUT2D eigenvalue weighted by atomic mass is 10.2. The van der Waals surface area contributed by atoms with Crippen LogP contribution in [-0.4, -0.2) is 73.4 Å². The van der Waals surface area contributed by atoms with Gasteiger partial charge in [0.25, 0.3) is 11.8 Å². The average molecular weight is 497 g/mol. The number of hydrogen-bond donors (Lipinski definition) is 3. The first-order valence-electron chi connectivity index (χ1n) is 11.4. The van der Waals surface area contributed by atoms with Gasteiger partial charge in [0.1, 0.15) is 29.6 Å². The van der Waals surface area contributed by atoms with E-state index < -0.39 is 0 Å². The van der Waals surface area contributed by atoms with Crippen molar-refractivity contribution < 1.29 is 28.2 Å². The molecule has 0 bridgehead atoms. The van der Waals surface area contributed by atoms with Gasteiger partial charge in [-0.2, -0.15) is 0 Å². The number of nitrogens with one attached hydrogen (secondary N) is 2. The zero-order valence-corrected chi connectivity index (χ0v) is 19.8. The minimum atomic E-state index is -0.373. The van der Waals surface area contributed by atoms with Crippen LogP contribution in [0, 0.1) is 0 Å². The largest absolute Gasteiger partial charge is 0.490 e. The number of rotatable bonds is 12. The molecule has 3 heterocycles. The Morgan fingerprint density at radius 1 is 1.17 bits per heavy atom. The summed E-state index contributed by atoms with van der Waals surface area (Å²) in [7, 11) is 1.62. The normalized spacial score (nSPS) is 15.4. The van der Waals surface area contributed by atoms with Crippen LogP contribution in [0.4, 0.5) is 5.69 Å². The molecule has 12 heteroatoms. The van der Waals surface area contributed by atoms with E-state index >= 15 is 0 Å². The number of nitrogens with zero attached hydrogens (tertiary/aromatic N) is 3. The predicted molar refractivity (Wildman–Crippen MR) is 130 cm³/mol. The maximum absolute atomic E-state index is 12.6. The molecule has 2 amide bonds. The molecule has 1 atom stereocenters. The Hall–Kier alpha value is -3.84. The second kappa shape index (κ2) is 12.2. The molecule has 3 aromatic rings. The van der Waals surface area contributed by atoms with Gasteiger partial charge in [-0.15, -0.1) is 0 Å². The second-order valence-electron chi connectivity index (χ2n) is 7.79. The zero-order chi connectivity index (χ0) is 25.3. The third-order valence-corrected chi connectivity index (χ3v) is 5.12. The van der Waals surface area contributed by atoms with Gasteiger partial charge >= 0.3 is 0 Å². The van der Waals surface area contributed by atoms with Gasteiger partial charge in [-0.05, 0) is 30.3 Å². The van der Waals surface area contributed by atoms with Gasteiger partial charge in [0.15, 0.2) is 5.58 Å². The van der Waals surface area contributed by atoms with Gasteiger partial charge in [0.2, 0.25) is 5.89 Å². The Labute approximate surface area is 207 Å². The highest BCUT2D eigenvalue weighted by molar-refractivity contribution is 6.03. The van der Waals surface area contributed by atoms with Gasteiger partial charge in [-0.3, -0.25) is 14.6 Å². The van der Waals surface area contributed by atoms with E-state index in [9.17, 15) is 9.59 Å². The van der Waals surface area contributed by atoms with Crippen LogP contribution in [0.3, 0.4) is 0 Å². The fourth-order valence-corrected chi connectivity index (χ4v) is 3.32. The average Bonchev–Trinajstić information content (AvgIpc) is 3.31. The summed E-state index contributed by atoms with van der Waals surface area (Å²) in [5.74, 6) is 0.410. The van der Waals surface area contributed by atoms with Crippen molar-refractivity contribution in [3.05, 3.63) is 60.3 Å². The molecule has 0 radical (unpaired) electrons. The number of nitrogens with two attached hydrogens (primary N) is 1. The molecule has 1 aromatic carbocycles. The number of ether oxygens (including phenoxy) is 3. The first kappa shape index (κ1) is 25.3. The van der Waals surface area contributed by atoms with Gasteiger partial charge in [0, 0.05) is 25.4 Å². The number of likely N-dealkylation sites (N-methyl/N-ethyl adjacent to an activating group) is 1. The van der Waals surface area contributed by atoms with E-state index in [1.165, 1.54) is 17.3 Å². The summed E-state index contributed by atoms with van der Waals surface area (Å²) >= 11 is 0. The Kier molecular flexibility index (Phi) is 8.57. The summed E-state index contributed by atoms with van der Waals surface area (Å²) in [6.07, 6.45) is 4.63. The summed E-state index contributed by atoms with van der Waals surface area (Å²) in [5.41, 5.74) is 10.2. The van der Waals surface area contributed by atoms with Crippen LogP contribution in [0.5, 0.6) is 5.75 Å². The smallest absolute Gasteiger partial charge is 0.274 e. The predicted octanol–water partition coefficient (Wildman–Crippen LogP) is 1.42.